The van der Waals surface area contributed by atoms with Gasteiger partial charge < -0.3 is 9.64 Å². The van der Waals surface area contributed by atoms with E-state index < -0.39 is 0 Å². The minimum Gasteiger partial charge on any atom is -0.380 e. The molecule has 2 heterocycles. The first-order valence-electron chi connectivity index (χ1n) is 4.69. The Morgan fingerprint density at radius 2 is 2.43 bits per heavy atom. The highest BCUT2D eigenvalue weighted by Crippen LogP contribution is 2.19. The van der Waals surface area contributed by atoms with Gasteiger partial charge in [0.2, 0.25) is 0 Å². The number of rotatable bonds is 2. The maximum Gasteiger partial charge on any atom is 0.128 e. The van der Waals surface area contributed by atoms with E-state index in [1.54, 1.807) is 7.11 Å². The van der Waals surface area contributed by atoms with Crippen LogP contribution in [-0.2, 0) is 4.74 Å². The van der Waals surface area contributed by atoms with Gasteiger partial charge in [-0.05, 0) is 41.1 Å². The van der Waals surface area contributed by atoms with Crippen LogP contribution >= 0.6 is 22.6 Å². The van der Waals surface area contributed by atoms with Gasteiger partial charge in [0, 0.05) is 30.0 Å². The number of anilines is 1. The summed E-state index contributed by atoms with van der Waals surface area (Å²) in [4.78, 5) is 6.66. The molecule has 1 saturated heterocycles. The fraction of sp³-hybridized carbons (Fsp3) is 0.500. The summed E-state index contributed by atoms with van der Waals surface area (Å²) in [7, 11) is 1.77. The van der Waals surface area contributed by atoms with Crippen LogP contribution in [-0.4, -0.2) is 31.3 Å². The topological polar surface area (TPSA) is 25.4 Å². The lowest BCUT2D eigenvalue weighted by molar-refractivity contribution is 0.121. The number of halogens is 1. The normalized spacial score (nSPS) is 21.6. The van der Waals surface area contributed by atoms with Crippen molar-refractivity contribution in [3.8, 4) is 0 Å². The second-order valence-corrected chi connectivity index (χ2v) is 4.67. The molecule has 4 heteroatoms. The molecule has 1 fully saturated rings. The monoisotopic (exact) mass is 304 g/mol. The van der Waals surface area contributed by atoms with Crippen molar-refractivity contribution in [2.75, 3.05) is 25.1 Å². The fourth-order valence-corrected chi connectivity index (χ4v) is 2.00. The molecule has 76 valence electrons. The number of ether oxygens (including phenoxy) is 1. The van der Waals surface area contributed by atoms with Crippen LogP contribution in [0.3, 0.4) is 0 Å². The Morgan fingerprint density at radius 1 is 1.57 bits per heavy atom. The number of nitrogens with zero attached hydrogens (tertiary/aromatic N) is 2. The van der Waals surface area contributed by atoms with Crippen molar-refractivity contribution >= 4 is 28.4 Å². The lowest BCUT2D eigenvalue weighted by Crippen LogP contribution is -2.22. The van der Waals surface area contributed by atoms with Crippen molar-refractivity contribution in [3.63, 3.8) is 0 Å². The number of hydrogen-bond acceptors (Lipinski definition) is 3. The Hall–Kier alpha value is -0.360. The molecule has 1 atom stereocenters. The van der Waals surface area contributed by atoms with Gasteiger partial charge in [0.15, 0.2) is 0 Å². The SMILES string of the molecule is CO[C@@H]1CCN(c2ccc(I)cn2)C1. The summed E-state index contributed by atoms with van der Waals surface area (Å²) in [6, 6.07) is 4.16. The molecule has 0 spiro atoms. The van der Waals surface area contributed by atoms with E-state index in [9.17, 15) is 0 Å². The molecule has 0 saturated carbocycles. The molecule has 0 aromatic carbocycles. The van der Waals surface area contributed by atoms with Crippen LogP contribution in [0.2, 0.25) is 0 Å². The van der Waals surface area contributed by atoms with E-state index in [-0.39, 0.29) is 0 Å². The zero-order valence-corrected chi connectivity index (χ0v) is 10.3. The summed E-state index contributed by atoms with van der Waals surface area (Å²) in [5.74, 6) is 1.06. The van der Waals surface area contributed by atoms with Gasteiger partial charge in [-0.15, -0.1) is 0 Å². The lowest BCUT2D eigenvalue weighted by Gasteiger charge is -2.16. The number of hydrogen-bond donors (Lipinski definition) is 0. The van der Waals surface area contributed by atoms with Crippen LogP contribution in [0.25, 0.3) is 0 Å². The van der Waals surface area contributed by atoms with Gasteiger partial charge in [0.1, 0.15) is 5.82 Å². The minimum atomic E-state index is 0.371. The molecule has 1 aliphatic heterocycles. The molecule has 0 radical (unpaired) electrons. The molecule has 1 aromatic rings. The van der Waals surface area contributed by atoms with Gasteiger partial charge in [0.25, 0.3) is 0 Å². The van der Waals surface area contributed by atoms with E-state index in [4.69, 9.17) is 4.74 Å². The highest BCUT2D eigenvalue weighted by Gasteiger charge is 2.22. The molecular formula is C10H13IN2O. The molecule has 0 aliphatic carbocycles. The van der Waals surface area contributed by atoms with Gasteiger partial charge in [-0.1, -0.05) is 0 Å². The Labute approximate surface area is 97.6 Å². The van der Waals surface area contributed by atoms with Crippen LogP contribution in [0.1, 0.15) is 6.42 Å². The highest BCUT2D eigenvalue weighted by molar-refractivity contribution is 14.1. The molecule has 2 rings (SSSR count). The Kier molecular flexibility index (Phi) is 3.22. The standard InChI is InChI=1S/C10H13IN2O/c1-14-9-4-5-13(7-9)10-3-2-8(11)6-12-10/h2-3,6,9H,4-5,7H2,1H3/t9-/m1/s1. The van der Waals surface area contributed by atoms with Gasteiger partial charge in [-0.3, -0.25) is 0 Å². The predicted octanol–water partition coefficient (Wildman–Crippen LogP) is 1.91. The molecule has 0 unspecified atom stereocenters. The third-order valence-electron chi connectivity index (χ3n) is 2.51. The van der Waals surface area contributed by atoms with Crippen LogP contribution in [0.4, 0.5) is 5.82 Å². The third-order valence-corrected chi connectivity index (χ3v) is 3.15. The molecular weight excluding hydrogens is 291 g/mol. The maximum atomic E-state index is 5.32. The largest absolute Gasteiger partial charge is 0.380 e. The lowest BCUT2D eigenvalue weighted by atomic mass is 10.3. The minimum absolute atomic E-state index is 0.371. The van der Waals surface area contributed by atoms with E-state index in [0.717, 1.165) is 25.3 Å². The summed E-state index contributed by atoms with van der Waals surface area (Å²) in [6.07, 6.45) is 3.37. The summed E-state index contributed by atoms with van der Waals surface area (Å²) in [6.45, 7) is 2.01. The molecule has 0 bridgehead atoms. The van der Waals surface area contributed by atoms with E-state index in [0.29, 0.717) is 6.10 Å². The second kappa shape index (κ2) is 4.44. The Bertz CT molecular complexity index is 301. The molecule has 1 aliphatic rings. The predicted molar refractivity (Wildman–Crippen MR) is 64.6 cm³/mol. The van der Waals surface area contributed by atoms with Crippen molar-refractivity contribution in [2.24, 2.45) is 0 Å². The number of aromatic nitrogens is 1. The third kappa shape index (κ3) is 2.17. The summed E-state index contributed by atoms with van der Waals surface area (Å²) in [5, 5.41) is 0. The molecule has 1 aromatic heterocycles. The average molecular weight is 304 g/mol. The van der Waals surface area contributed by atoms with E-state index in [2.05, 4.69) is 44.6 Å². The van der Waals surface area contributed by atoms with E-state index in [1.807, 2.05) is 6.20 Å². The molecule has 0 amide bonds. The fourth-order valence-electron chi connectivity index (χ4n) is 1.68. The highest BCUT2D eigenvalue weighted by atomic mass is 127. The molecule has 14 heavy (non-hydrogen) atoms. The van der Waals surface area contributed by atoms with Gasteiger partial charge in [-0.25, -0.2) is 4.98 Å². The Balaban J connectivity index is 2.06. The quantitative estimate of drug-likeness (QED) is 0.781. The van der Waals surface area contributed by atoms with Crippen molar-refractivity contribution in [1.29, 1.82) is 0 Å². The summed E-state index contributed by atoms with van der Waals surface area (Å²) >= 11 is 2.27. The summed E-state index contributed by atoms with van der Waals surface area (Å²) < 4.78 is 6.49. The van der Waals surface area contributed by atoms with Crippen molar-refractivity contribution in [1.82, 2.24) is 4.98 Å². The number of methoxy groups -OCH3 is 1. The maximum absolute atomic E-state index is 5.32. The first-order valence-corrected chi connectivity index (χ1v) is 5.77. The van der Waals surface area contributed by atoms with Gasteiger partial charge in [-0.2, -0.15) is 0 Å². The average Bonchev–Trinajstić information content (AvgIpc) is 2.67. The molecule has 0 N–H and O–H groups in total. The van der Waals surface area contributed by atoms with Crippen LogP contribution < -0.4 is 4.90 Å². The van der Waals surface area contributed by atoms with E-state index >= 15 is 0 Å². The van der Waals surface area contributed by atoms with Gasteiger partial charge in [0.05, 0.1) is 6.10 Å². The zero-order chi connectivity index (χ0) is 9.97. The Morgan fingerprint density at radius 3 is 3.00 bits per heavy atom. The molecule has 3 nitrogen and oxygen atoms in total. The summed E-state index contributed by atoms with van der Waals surface area (Å²) in [5.41, 5.74) is 0. The van der Waals surface area contributed by atoms with Crippen molar-refractivity contribution < 1.29 is 4.74 Å². The van der Waals surface area contributed by atoms with Crippen LogP contribution in [0, 0.1) is 3.57 Å². The van der Waals surface area contributed by atoms with Crippen molar-refractivity contribution in [2.45, 2.75) is 12.5 Å². The van der Waals surface area contributed by atoms with Crippen LogP contribution in [0.5, 0.6) is 0 Å². The van der Waals surface area contributed by atoms with Gasteiger partial charge >= 0.3 is 0 Å². The number of pyridine rings is 1. The first-order chi connectivity index (χ1) is 6.79. The van der Waals surface area contributed by atoms with Crippen molar-refractivity contribution in [3.05, 3.63) is 21.9 Å². The van der Waals surface area contributed by atoms with E-state index in [1.165, 1.54) is 3.57 Å². The first kappa shape index (κ1) is 10.2. The second-order valence-electron chi connectivity index (χ2n) is 3.43. The van der Waals surface area contributed by atoms with Crippen LogP contribution in [0.15, 0.2) is 18.3 Å². The smallest absolute Gasteiger partial charge is 0.128 e. The zero-order valence-electron chi connectivity index (χ0n) is 8.11.